The smallest absolute Gasteiger partial charge is 0.348 e. The predicted octanol–water partition coefficient (Wildman–Crippen LogP) is 2.10. The lowest BCUT2D eigenvalue weighted by Gasteiger charge is -1.98. The topological polar surface area (TPSA) is 50.1 Å². The van der Waals surface area contributed by atoms with Crippen LogP contribution in [0.15, 0.2) is 6.07 Å². The Morgan fingerprint density at radius 1 is 1.77 bits per heavy atom. The van der Waals surface area contributed by atoms with Gasteiger partial charge in [-0.3, -0.25) is 0 Å². The number of nitrogens with zero attached hydrogens (tertiary/aromatic N) is 1. The van der Waals surface area contributed by atoms with Gasteiger partial charge in [0.15, 0.2) is 0 Å². The number of thiophene rings is 1. The molecule has 0 radical (unpaired) electrons. The first-order valence-corrected chi connectivity index (χ1v) is 4.68. The SMILES string of the molecule is CCOC(=O)c1sc(C#N)cc1C. The maximum absolute atomic E-state index is 11.3. The Hall–Kier alpha value is -1.34. The van der Waals surface area contributed by atoms with Crippen LogP contribution in [0.2, 0.25) is 0 Å². The largest absolute Gasteiger partial charge is 0.462 e. The van der Waals surface area contributed by atoms with Gasteiger partial charge in [0.25, 0.3) is 0 Å². The van der Waals surface area contributed by atoms with Gasteiger partial charge in [-0.05, 0) is 25.5 Å². The molecule has 0 fully saturated rings. The van der Waals surface area contributed by atoms with Crippen molar-refractivity contribution in [2.24, 2.45) is 0 Å². The van der Waals surface area contributed by atoms with Crippen molar-refractivity contribution in [2.45, 2.75) is 13.8 Å². The number of rotatable bonds is 2. The monoisotopic (exact) mass is 195 g/mol. The van der Waals surface area contributed by atoms with Crippen molar-refractivity contribution in [3.8, 4) is 6.07 Å². The molecule has 0 saturated heterocycles. The van der Waals surface area contributed by atoms with Crippen molar-refractivity contribution >= 4 is 17.3 Å². The second-order valence-electron chi connectivity index (χ2n) is 2.46. The van der Waals surface area contributed by atoms with E-state index in [0.717, 1.165) is 5.56 Å². The first-order valence-electron chi connectivity index (χ1n) is 3.86. The lowest BCUT2D eigenvalue weighted by atomic mass is 10.3. The number of hydrogen-bond acceptors (Lipinski definition) is 4. The van der Waals surface area contributed by atoms with Crippen LogP contribution in [-0.4, -0.2) is 12.6 Å². The fourth-order valence-electron chi connectivity index (χ4n) is 0.936. The molecule has 0 unspecified atom stereocenters. The summed E-state index contributed by atoms with van der Waals surface area (Å²) < 4.78 is 4.83. The van der Waals surface area contributed by atoms with Gasteiger partial charge >= 0.3 is 5.97 Å². The molecule has 0 aliphatic carbocycles. The Morgan fingerprint density at radius 3 is 2.92 bits per heavy atom. The molecule has 0 aliphatic rings. The van der Waals surface area contributed by atoms with Gasteiger partial charge in [-0.25, -0.2) is 4.79 Å². The van der Waals surface area contributed by atoms with Gasteiger partial charge in [-0.15, -0.1) is 11.3 Å². The summed E-state index contributed by atoms with van der Waals surface area (Å²) in [6, 6.07) is 3.69. The minimum Gasteiger partial charge on any atom is -0.462 e. The Bertz CT molecular complexity index is 362. The number of nitriles is 1. The molecule has 0 saturated carbocycles. The molecule has 1 aromatic rings. The van der Waals surface area contributed by atoms with E-state index < -0.39 is 0 Å². The number of carbonyl (C=O) groups is 1. The average Bonchev–Trinajstić information content (AvgIpc) is 2.47. The molecule has 1 heterocycles. The minimum atomic E-state index is -0.341. The van der Waals surface area contributed by atoms with Crippen LogP contribution in [0.3, 0.4) is 0 Å². The zero-order chi connectivity index (χ0) is 9.84. The van der Waals surface area contributed by atoms with Crippen LogP contribution in [0.1, 0.15) is 27.0 Å². The highest BCUT2D eigenvalue weighted by atomic mass is 32.1. The summed E-state index contributed by atoms with van der Waals surface area (Å²) in [5.41, 5.74) is 0.806. The molecule has 0 aliphatic heterocycles. The summed E-state index contributed by atoms with van der Waals surface area (Å²) in [6.07, 6.45) is 0. The fraction of sp³-hybridized carbons (Fsp3) is 0.333. The quantitative estimate of drug-likeness (QED) is 0.679. The lowest BCUT2D eigenvalue weighted by molar-refractivity contribution is 0.0531. The third-order valence-corrected chi connectivity index (χ3v) is 2.61. The summed E-state index contributed by atoms with van der Waals surface area (Å²) >= 11 is 1.17. The minimum absolute atomic E-state index is 0.341. The molecule has 0 aromatic carbocycles. The Balaban J connectivity index is 2.95. The summed E-state index contributed by atoms with van der Waals surface area (Å²) in [7, 11) is 0. The van der Waals surface area contributed by atoms with Crippen molar-refractivity contribution in [1.82, 2.24) is 0 Å². The third-order valence-electron chi connectivity index (χ3n) is 1.49. The number of hydrogen-bond donors (Lipinski definition) is 0. The highest BCUT2D eigenvalue weighted by Gasteiger charge is 2.13. The molecule has 1 rings (SSSR count). The maximum Gasteiger partial charge on any atom is 0.348 e. The van der Waals surface area contributed by atoms with Gasteiger partial charge in [-0.2, -0.15) is 5.26 Å². The molecular weight excluding hydrogens is 186 g/mol. The van der Waals surface area contributed by atoms with Crippen molar-refractivity contribution in [3.63, 3.8) is 0 Å². The molecule has 1 aromatic heterocycles. The van der Waals surface area contributed by atoms with Crippen molar-refractivity contribution < 1.29 is 9.53 Å². The highest BCUT2D eigenvalue weighted by Crippen LogP contribution is 2.21. The highest BCUT2D eigenvalue weighted by molar-refractivity contribution is 7.14. The molecule has 0 bridgehead atoms. The van der Waals surface area contributed by atoms with Crippen molar-refractivity contribution in [3.05, 3.63) is 21.4 Å². The van der Waals surface area contributed by atoms with E-state index in [2.05, 4.69) is 0 Å². The second-order valence-corrected chi connectivity index (χ2v) is 3.51. The van der Waals surface area contributed by atoms with Gasteiger partial charge in [0.2, 0.25) is 0 Å². The zero-order valence-electron chi connectivity index (χ0n) is 7.46. The molecule has 3 nitrogen and oxygen atoms in total. The van der Waals surface area contributed by atoms with Crippen LogP contribution >= 0.6 is 11.3 Å². The van der Waals surface area contributed by atoms with Crippen LogP contribution in [0, 0.1) is 18.3 Å². The first kappa shape index (κ1) is 9.75. The van der Waals surface area contributed by atoms with E-state index in [1.807, 2.05) is 6.07 Å². The third kappa shape index (κ3) is 2.07. The summed E-state index contributed by atoms with van der Waals surface area (Å²) in [4.78, 5) is 12.3. The molecule has 13 heavy (non-hydrogen) atoms. The predicted molar refractivity (Wildman–Crippen MR) is 49.7 cm³/mol. The fourth-order valence-corrected chi connectivity index (χ4v) is 1.80. The second kappa shape index (κ2) is 4.06. The molecule has 0 spiro atoms. The van der Waals surface area contributed by atoms with E-state index in [0.29, 0.717) is 16.4 Å². The number of ether oxygens (including phenoxy) is 1. The van der Waals surface area contributed by atoms with Gasteiger partial charge in [-0.1, -0.05) is 0 Å². The Labute approximate surface area is 80.6 Å². The molecule has 68 valence electrons. The van der Waals surface area contributed by atoms with Crippen LogP contribution in [0.5, 0.6) is 0 Å². The summed E-state index contributed by atoms with van der Waals surface area (Å²) in [5.74, 6) is -0.341. The normalized spacial score (nSPS) is 9.31. The standard InChI is InChI=1S/C9H9NO2S/c1-3-12-9(11)8-6(2)4-7(5-10)13-8/h4H,3H2,1-2H3. The van der Waals surface area contributed by atoms with E-state index in [1.54, 1.807) is 19.9 Å². The van der Waals surface area contributed by atoms with E-state index in [-0.39, 0.29) is 5.97 Å². The van der Waals surface area contributed by atoms with Crippen LogP contribution in [0.25, 0.3) is 0 Å². The maximum atomic E-state index is 11.3. The molecule has 4 heteroatoms. The number of esters is 1. The van der Waals surface area contributed by atoms with Crippen molar-refractivity contribution in [1.29, 1.82) is 5.26 Å². The lowest BCUT2D eigenvalue weighted by Crippen LogP contribution is -2.03. The average molecular weight is 195 g/mol. The Kier molecular flexibility index (Phi) is 3.04. The van der Waals surface area contributed by atoms with Gasteiger partial charge in [0.1, 0.15) is 15.8 Å². The van der Waals surface area contributed by atoms with E-state index in [1.165, 1.54) is 11.3 Å². The zero-order valence-corrected chi connectivity index (χ0v) is 8.27. The number of aryl methyl sites for hydroxylation is 1. The molecular formula is C9H9NO2S. The van der Waals surface area contributed by atoms with Crippen LogP contribution in [-0.2, 0) is 4.74 Å². The van der Waals surface area contributed by atoms with Gasteiger partial charge < -0.3 is 4.74 Å². The molecule has 0 amide bonds. The van der Waals surface area contributed by atoms with E-state index >= 15 is 0 Å². The summed E-state index contributed by atoms with van der Waals surface area (Å²) in [5, 5.41) is 8.60. The molecule has 0 N–H and O–H groups in total. The molecule has 0 atom stereocenters. The van der Waals surface area contributed by atoms with Gasteiger partial charge in [0.05, 0.1) is 6.61 Å². The van der Waals surface area contributed by atoms with Crippen LogP contribution < -0.4 is 0 Å². The van der Waals surface area contributed by atoms with E-state index in [9.17, 15) is 4.79 Å². The van der Waals surface area contributed by atoms with Gasteiger partial charge in [0, 0.05) is 0 Å². The summed E-state index contributed by atoms with van der Waals surface area (Å²) in [6.45, 7) is 3.91. The van der Waals surface area contributed by atoms with Crippen molar-refractivity contribution in [2.75, 3.05) is 6.61 Å². The number of carbonyl (C=O) groups excluding carboxylic acids is 1. The van der Waals surface area contributed by atoms with Crippen LogP contribution in [0.4, 0.5) is 0 Å². The van der Waals surface area contributed by atoms with E-state index in [4.69, 9.17) is 10.00 Å². The Morgan fingerprint density at radius 2 is 2.46 bits per heavy atom. The first-order chi connectivity index (χ1) is 6.19.